The van der Waals surface area contributed by atoms with Gasteiger partial charge in [0.25, 0.3) is 0 Å². The number of likely N-dealkylation sites (tertiary alicyclic amines) is 1. The molecule has 1 aromatic carbocycles. The lowest BCUT2D eigenvalue weighted by Gasteiger charge is -2.37. The molecule has 1 aromatic rings. The molecule has 0 bridgehead atoms. The van der Waals surface area contributed by atoms with E-state index in [9.17, 15) is 13.5 Å². The van der Waals surface area contributed by atoms with Gasteiger partial charge in [0.1, 0.15) is 0 Å². The second-order valence-electron chi connectivity index (χ2n) is 7.40. The number of sulfonamides is 1. The molecule has 1 fully saturated rings. The predicted octanol–water partition coefficient (Wildman–Crippen LogP) is 3.86. The largest absolute Gasteiger partial charge is 0.388 e. The van der Waals surface area contributed by atoms with E-state index in [0.717, 1.165) is 24.8 Å². The van der Waals surface area contributed by atoms with Crippen LogP contribution in [-0.4, -0.2) is 50.4 Å². The summed E-state index contributed by atoms with van der Waals surface area (Å²) < 4.78 is 26.3. The molecule has 150 valence electrons. The van der Waals surface area contributed by atoms with E-state index < -0.39 is 16.1 Å². The summed E-state index contributed by atoms with van der Waals surface area (Å²) >= 11 is 0. The molecule has 1 aliphatic rings. The first-order valence-electron chi connectivity index (χ1n) is 9.44. The van der Waals surface area contributed by atoms with Gasteiger partial charge in [0.05, 0.1) is 38.5 Å². The molecule has 0 radical (unpaired) electrons. The zero-order valence-electron chi connectivity index (χ0n) is 16.0. The minimum atomic E-state index is -3.30. The number of benzene rings is 1. The van der Waals surface area contributed by atoms with Crippen molar-refractivity contribution in [2.45, 2.75) is 51.6 Å². The van der Waals surface area contributed by atoms with Crippen LogP contribution in [0.3, 0.4) is 0 Å². The molecule has 0 saturated carbocycles. The number of nitrogens with one attached hydrogen (secondary N) is 1. The Labute approximate surface area is 169 Å². The van der Waals surface area contributed by atoms with Crippen molar-refractivity contribution in [3.8, 4) is 0 Å². The average Bonchev–Trinajstić information content (AvgIpc) is 2.79. The first-order valence-corrected chi connectivity index (χ1v) is 11.3. The van der Waals surface area contributed by atoms with E-state index >= 15 is 0 Å². The van der Waals surface area contributed by atoms with Crippen molar-refractivity contribution in [2.75, 3.05) is 37.2 Å². The van der Waals surface area contributed by atoms with Crippen LogP contribution in [0.1, 0.15) is 57.1 Å². The van der Waals surface area contributed by atoms with Crippen molar-refractivity contribution in [1.82, 2.24) is 0 Å². The molecule has 1 heterocycles. The van der Waals surface area contributed by atoms with E-state index in [1.807, 2.05) is 6.07 Å². The number of nitrogens with zero attached hydrogens (tertiary/aromatic N) is 1. The quantitative estimate of drug-likeness (QED) is 0.591. The fraction of sp³-hybridized carbons (Fsp3) is 0.684. The molecule has 0 aliphatic carbocycles. The highest BCUT2D eigenvalue weighted by molar-refractivity contribution is 8.93. The standard InChI is InChI=1S/C19H33N2O3S.BrH/c1-3-21(13-6-4-5-7-14-21)15-9-12-19(22)17-10-8-11-18(16-17)20-25(2,23)24;/h8,10-11,16,19-20,22H,3-7,9,12-15H2,1-2H3;1H/q+1;. The number of anilines is 1. The van der Waals surface area contributed by atoms with E-state index in [1.165, 1.54) is 49.8 Å². The summed E-state index contributed by atoms with van der Waals surface area (Å²) in [5.74, 6) is 0. The lowest BCUT2D eigenvalue weighted by Crippen LogP contribution is -2.49. The van der Waals surface area contributed by atoms with Crippen LogP contribution >= 0.6 is 17.0 Å². The molecule has 26 heavy (non-hydrogen) atoms. The van der Waals surface area contributed by atoms with Gasteiger partial charge in [-0.25, -0.2) is 8.42 Å². The van der Waals surface area contributed by atoms with Gasteiger partial charge in [-0.2, -0.15) is 0 Å². The van der Waals surface area contributed by atoms with Crippen LogP contribution in [0.2, 0.25) is 0 Å². The van der Waals surface area contributed by atoms with Gasteiger partial charge in [0.15, 0.2) is 0 Å². The Hall–Kier alpha value is -0.630. The highest BCUT2D eigenvalue weighted by Gasteiger charge is 2.26. The number of hydrogen-bond donors (Lipinski definition) is 2. The van der Waals surface area contributed by atoms with Gasteiger partial charge >= 0.3 is 0 Å². The zero-order chi connectivity index (χ0) is 18.3. The van der Waals surface area contributed by atoms with Crippen molar-refractivity contribution in [3.63, 3.8) is 0 Å². The SMILES string of the molecule is Br.CC[N+]1(CCCC(O)c2cccc(NS(C)(=O)=O)c2)CCCCCC1. The monoisotopic (exact) mass is 449 g/mol. The number of quaternary nitrogens is 1. The molecule has 1 unspecified atom stereocenters. The summed E-state index contributed by atoms with van der Waals surface area (Å²) in [4.78, 5) is 0. The Morgan fingerprint density at radius 3 is 2.42 bits per heavy atom. The van der Waals surface area contributed by atoms with Gasteiger partial charge in [0.2, 0.25) is 10.0 Å². The van der Waals surface area contributed by atoms with Crippen LogP contribution in [0.25, 0.3) is 0 Å². The van der Waals surface area contributed by atoms with Gasteiger partial charge in [0, 0.05) is 5.69 Å². The van der Waals surface area contributed by atoms with Gasteiger partial charge in [-0.3, -0.25) is 4.72 Å². The molecule has 0 aromatic heterocycles. The van der Waals surface area contributed by atoms with Crippen molar-refractivity contribution in [2.24, 2.45) is 0 Å². The molecule has 2 N–H and O–H groups in total. The second-order valence-corrected chi connectivity index (χ2v) is 9.15. The van der Waals surface area contributed by atoms with Crippen molar-refractivity contribution < 1.29 is 18.0 Å². The number of rotatable bonds is 8. The Balaban J connectivity index is 0.00000338. The molecule has 1 saturated heterocycles. The van der Waals surface area contributed by atoms with Crippen LogP contribution in [0.5, 0.6) is 0 Å². The van der Waals surface area contributed by atoms with Gasteiger partial charge in [-0.05, 0) is 63.1 Å². The third-order valence-electron chi connectivity index (χ3n) is 5.37. The van der Waals surface area contributed by atoms with E-state index in [4.69, 9.17) is 0 Å². The summed E-state index contributed by atoms with van der Waals surface area (Å²) in [6.07, 6.45) is 7.60. The Bertz CT molecular complexity index is 644. The highest BCUT2D eigenvalue weighted by Crippen LogP contribution is 2.24. The molecule has 1 atom stereocenters. The second kappa shape index (κ2) is 10.6. The number of aliphatic hydroxyl groups excluding tert-OH is 1. The van der Waals surface area contributed by atoms with E-state index in [2.05, 4.69) is 11.6 Å². The lowest BCUT2D eigenvalue weighted by molar-refractivity contribution is -0.926. The van der Waals surface area contributed by atoms with Crippen molar-refractivity contribution in [1.29, 1.82) is 0 Å². The van der Waals surface area contributed by atoms with Gasteiger partial charge in [-0.15, -0.1) is 17.0 Å². The topological polar surface area (TPSA) is 66.4 Å². The smallest absolute Gasteiger partial charge is 0.229 e. The van der Waals surface area contributed by atoms with E-state index in [1.54, 1.807) is 18.2 Å². The molecule has 0 spiro atoms. The molecule has 0 amide bonds. The Kier molecular flexibility index (Phi) is 9.58. The first kappa shape index (κ1) is 23.4. The minimum absolute atomic E-state index is 0. The normalized spacial score (nSPS) is 18.4. The predicted molar refractivity (Wildman–Crippen MR) is 113 cm³/mol. The third-order valence-corrected chi connectivity index (χ3v) is 5.98. The summed E-state index contributed by atoms with van der Waals surface area (Å²) in [5.41, 5.74) is 1.27. The Morgan fingerprint density at radius 1 is 1.19 bits per heavy atom. The van der Waals surface area contributed by atoms with Crippen LogP contribution in [-0.2, 0) is 10.0 Å². The summed E-state index contributed by atoms with van der Waals surface area (Å²) in [5, 5.41) is 10.5. The molecule has 7 heteroatoms. The average molecular weight is 450 g/mol. The fourth-order valence-electron chi connectivity index (χ4n) is 3.87. The van der Waals surface area contributed by atoms with Crippen LogP contribution < -0.4 is 4.72 Å². The molecule has 1 aliphatic heterocycles. The number of aliphatic hydroxyl groups is 1. The maximum absolute atomic E-state index is 11.3. The highest BCUT2D eigenvalue weighted by atomic mass is 79.9. The van der Waals surface area contributed by atoms with Gasteiger partial charge in [-0.1, -0.05) is 12.1 Å². The molecular formula is C19H34BrN2O3S+. The molecule has 2 rings (SSSR count). The van der Waals surface area contributed by atoms with Crippen LogP contribution in [0.4, 0.5) is 5.69 Å². The summed E-state index contributed by atoms with van der Waals surface area (Å²) in [7, 11) is -3.30. The fourth-order valence-corrected chi connectivity index (χ4v) is 4.42. The Morgan fingerprint density at radius 2 is 1.85 bits per heavy atom. The summed E-state index contributed by atoms with van der Waals surface area (Å²) in [6, 6.07) is 7.06. The minimum Gasteiger partial charge on any atom is -0.388 e. The number of halogens is 1. The number of hydrogen-bond acceptors (Lipinski definition) is 3. The van der Waals surface area contributed by atoms with E-state index in [0.29, 0.717) is 12.1 Å². The summed E-state index contributed by atoms with van der Waals surface area (Å²) in [6.45, 7) is 7.10. The third kappa shape index (κ3) is 7.55. The van der Waals surface area contributed by atoms with Gasteiger partial charge < -0.3 is 9.59 Å². The van der Waals surface area contributed by atoms with Crippen molar-refractivity contribution >= 4 is 32.7 Å². The lowest BCUT2D eigenvalue weighted by atomic mass is 10.0. The van der Waals surface area contributed by atoms with Crippen LogP contribution in [0.15, 0.2) is 24.3 Å². The maximum Gasteiger partial charge on any atom is 0.229 e. The first-order chi connectivity index (χ1) is 11.8. The van der Waals surface area contributed by atoms with Crippen molar-refractivity contribution in [3.05, 3.63) is 29.8 Å². The molecular weight excluding hydrogens is 416 g/mol. The zero-order valence-corrected chi connectivity index (χ0v) is 18.5. The van der Waals surface area contributed by atoms with Crippen LogP contribution in [0, 0.1) is 0 Å². The maximum atomic E-state index is 11.3. The molecule has 5 nitrogen and oxygen atoms in total. The van der Waals surface area contributed by atoms with E-state index in [-0.39, 0.29) is 17.0 Å².